The summed E-state index contributed by atoms with van der Waals surface area (Å²) >= 11 is 7.91. The highest BCUT2D eigenvalue weighted by atomic mass is 35.5. The normalized spacial score (nSPS) is 20.5. The summed E-state index contributed by atoms with van der Waals surface area (Å²) in [5.74, 6) is 3.41. The summed E-state index contributed by atoms with van der Waals surface area (Å²) in [6.45, 7) is 3.03. The van der Waals surface area contributed by atoms with Gasteiger partial charge in [-0.25, -0.2) is 4.98 Å². The third-order valence-corrected chi connectivity index (χ3v) is 4.26. The van der Waals surface area contributed by atoms with E-state index in [2.05, 4.69) is 16.4 Å². The first-order valence-corrected chi connectivity index (χ1v) is 6.73. The van der Waals surface area contributed by atoms with Crippen LogP contribution in [0.25, 0.3) is 0 Å². The van der Waals surface area contributed by atoms with E-state index in [0.29, 0.717) is 5.15 Å². The third-order valence-electron chi connectivity index (χ3n) is 2.63. The van der Waals surface area contributed by atoms with Crippen molar-refractivity contribution in [3.63, 3.8) is 0 Å². The van der Waals surface area contributed by atoms with Gasteiger partial charge in [0.1, 0.15) is 5.15 Å². The number of halogens is 1. The van der Waals surface area contributed by atoms with Crippen LogP contribution >= 0.6 is 23.4 Å². The van der Waals surface area contributed by atoms with Crippen molar-refractivity contribution in [3.8, 4) is 0 Å². The van der Waals surface area contributed by atoms with Gasteiger partial charge in [0.15, 0.2) is 0 Å². The van der Waals surface area contributed by atoms with Crippen molar-refractivity contribution in [2.24, 2.45) is 5.92 Å². The van der Waals surface area contributed by atoms with Crippen molar-refractivity contribution in [2.45, 2.75) is 13.3 Å². The lowest BCUT2D eigenvalue weighted by molar-refractivity contribution is 0.631. The molecule has 0 aromatic carbocycles. The molecule has 1 saturated heterocycles. The number of anilines is 1. The van der Waals surface area contributed by atoms with Crippen LogP contribution in [0.5, 0.6) is 0 Å². The van der Waals surface area contributed by atoms with E-state index in [1.54, 1.807) is 6.20 Å². The second kappa shape index (κ2) is 5.08. The Hall–Kier alpha value is -0.410. The number of nitrogens with zero attached hydrogens (tertiary/aromatic N) is 1. The predicted octanol–water partition coefficient (Wildman–Crippen LogP) is 3.21. The molecule has 1 aromatic heterocycles. The molecule has 0 bridgehead atoms. The average molecular weight is 243 g/mol. The monoisotopic (exact) mass is 242 g/mol. The van der Waals surface area contributed by atoms with E-state index in [0.717, 1.165) is 23.7 Å². The lowest BCUT2D eigenvalue weighted by atomic mass is 10.1. The van der Waals surface area contributed by atoms with Gasteiger partial charge in [-0.3, -0.25) is 0 Å². The van der Waals surface area contributed by atoms with Crippen LogP contribution in [-0.4, -0.2) is 23.0 Å². The highest BCUT2D eigenvalue weighted by Gasteiger charge is 2.14. The summed E-state index contributed by atoms with van der Waals surface area (Å²) in [7, 11) is 0. The fraction of sp³-hybridized carbons (Fsp3) is 0.545. The largest absolute Gasteiger partial charge is 0.383 e. The summed E-state index contributed by atoms with van der Waals surface area (Å²) < 4.78 is 0. The number of aromatic nitrogens is 1. The number of thioether (sulfide) groups is 1. The SMILES string of the molecule is Cc1cc(NCC2CCSC2)cnc1Cl. The molecule has 2 heterocycles. The van der Waals surface area contributed by atoms with Crippen LogP contribution < -0.4 is 5.32 Å². The number of pyridine rings is 1. The van der Waals surface area contributed by atoms with Crippen molar-refractivity contribution in [3.05, 3.63) is 23.0 Å². The molecule has 4 heteroatoms. The second-order valence-electron chi connectivity index (χ2n) is 3.94. The van der Waals surface area contributed by atoms with E-state index in [9.17, 15) is 0 Å². The standard InChI is InChI=1S/C11H15ClN2S/c1-8-4-10(6-14-11(8)12)13-5-9-2-3-15-7-9/h4,6,9,13H,2-3,5,7H2,1H3. The van der Waals surface area contributed by atoms with E-state index >= 15 is 0 Å². The molecule has 1 atom stereocenters. The highest BCUT2D eigenvalue weighted by molar-refractivity contribution is 7.99. The first-order valence-electron chi connectivity index (χ1n) is 5.19. The molecular weight excluding hydrogens is 228 g/mol. The van der Waals surface area contributed by atoms with Crippen molar-refractivity contribution in [2.75, 3.05) is 23.4 Å². The van der Waals surface area contributed by atoms with Gasteiger partial charge in [-0.2, -0.15) is 11.8 Å². The van der Waals surface area contributed by atoms with E-state index in [4.69, 9.17) is 11.6 Å². The lowest BCUT2D eigenvalue weighted by Crippen LogP contribution is -2.13. The molecule has 1 fully saturated rings. The zero-order chi connectivity index (χ0) is 10.7. The molecule has 1 unspecified atom stereocenters. The van der Waals surface area contributed by atoms with Gasteiger partial charge in [0.25, 0.3) is 0 Å². The van der Waals surface area contributed by atoms with Gasteiger partial charge in [-0.15, -0.1) is 0 Å². The molecule has 1 aromatic rings. The van der Waals surface area contributed by atoms with Gasteiger partial charge in [-0.1, -0.05) is 11.6 Å². The van der Waals surface area contributed by atoms with E-state index in [1.165, 1.54) is 17.9 Å². The van der Waals surface area contributed by atoms with Crippen LogP contribution in [0.15, 0.2) is 12.3 Å². The van der Waals surface area contributed by atoms with Gasteiger partial charge in [0.05, 0.1) is 11.9 Å². The molecule has 0 amide bonds. The Morgan fingerprint density at radius 3 is 3.20 bits per heavy atom. The number of hydrogen-bond acceptors (Lipinski definition) is 3. The van der Waals surface area contributed by atoms with E-state index in [1.807, 2.05) is 18.7 Å². The molecule has 15 heavy (non-hydrogen) atoms. The fourth-order valence-corrected chi connectivity index (χ4v) is 3.05. The molecule has 2 nitrogen and oxygen atoms in total. The van der Waals surface area contributed by atoms with Crippen molar-refractivity contribution in [1.82, 2.24) is 4.98 Å². The number of nitrogens with one attached hydrogen (secondary N) is 1. The molecule has 0 saturated carbocycles. The fourth-order valence-electron chi connectivity index (χ4n) is 1.66. The molecule has 0 radical (unpaired) electrons. The maximum absolute atomic E-state index is 5.87. The van der Waals surface area contributed by atoms with Gasteiger partial charge >= 0.3 is 0 Å². The molecular formula is C11H15ClN2S. The lowest BCUT2D eigenvalue weighted by Gasteiger charge is -2.11. The molecule has 82 valence electrons. The maximum Gasteiger partial charge on any atom is 0.132 e. The van der Waals surface area contributed by atoms with Crippen LogP contribution in [0.2, 0.25) is 5.15 Å². The average Bonchev–Trinajstić information content (AvgIpc) is 2.73. The van der Waals surface area contributed by atoms with Crippen molar-refractivity contribution < 1.29 is 0 Å². The van der Waals surface area contributed by atoms with Crippen molar-refractivity contribution >= 4 is 29.1 Å². The summed E-state index contributed by atoms with van der Waals surface area (Å²) in [5, 5.41) is 4.01. The van der Waals surface area contributed by atoms with E-state index in [-0.39, 0.29) is 0 Å². The molecule has 1 N–H and O–H groups in total. The van der Waals surface area contributed by atoms with Gasteiger partial charge < -0.3 is 5.32 Å². The second-order valence-corrected chi connectivity index (χ2v) is 5.45. The Bertz CT molecular complexity index is 337. The summed E-state index contributed by atoms with van der Waals surface area (Å²) in [5.41, 5.74) is 2.11. The molecule has 1 aliphatic rings. The predicted molar refractivity (Wildman–Crippen MR) is 67.9 cm³/mol. The van der Waals surface area contributed by atoms with Gasteiger partial charge in [0.2, 0.25) is 0 Å². The van der Waals surface area contributed by atoms with Gasteiger partial charge in [0, 0.05) is 6.54 Å². The maximum atomic E-state index is 5.87. The van der Waals surface area contributed by atoms with Gasteiger partial charge in [-0.05, 0) is 42.4 Å². The Morgan fingerprint density at radius 1 is 1.67 bits per heavy atom. The number of rotatable bonds is 3. The zero-order valence-corrected chi connectivity index (χ0v) is 10.4. The summed E-state index contributed by atoms with van der Waals surface area (Å²) in [6, 6.07) is 2.05. The van der Waals surface area contributed by atoms with E-state index < -0.39 is 0 Å². The minimum atomic E-state index is 0.594. The summed E-state index contributed by atoms with van der Waals surface area (Å²) in [6.07, 6.45) is 3.13. The third kappa shape index (κ3) is 3.02. The van der Waals surface area contributed by atoms with Crippen LogP contribution in [0, 0.1) is 12.8 Å². The number of aryl methyl sites for hydroxylation is 1. The summed E-state index contributed by atoms with van der Waals surface area (Å²) in [4.78, 5) is 4.12. The Labute approximate surface area is 99.8 Å². The van der Waals surface area contributed by atoms with Crippen LogP contribution in [0.1, 0.15) is 12.0 Å². The quantitative estimate of drug-likeness (QED) is 0.824. The Kier molecular flexibility index (Phi) is 3.76. The smallest absolute Gasteiger partial charge is 0.132 e. The molecule has 2 rings (SSSR count). The van der Waals surface area contributed by atoms with Crippen LogP contribution in [0.4, 0.5) is 5.69 Å². The van der Waals surface area contributed by atoms with Crippen LogP contribution in [0.3, 0.4) is 0 Å². The van der Waals surface area contributed by atoms with Crippen molar-refractivity contribution in [1.29, 1.82) is 0 Å². The number of hydrogen-bond donors (Lipinski definition) is 1. The minimum Gasteiger partial charge on any atom is -0.383 e. The van der Waals surface area contributed by atoms with Crippen LogP contribution in [-0.2, 0) is 0 Å². The molecule has 0 spiro atoms. The Morgan fingerprint density at radius 2 is 2.53 bits per heavy atom. The zero-order valence-electron chi connectivity index (χ0n) is 8.79. The highest BCUT2D eigenvalue weighted by Crippen LogP contribution is 2.24. The first-order chi connectivity index (χ1) is 7.25. The first kappa shape index (κ1) is 11.1. The minimum absolute atomic E-state index is 0.594. The molecule has 0 aliphatic carbocycles. The molecule has 1 aliphatic heterocycles. The topological polar surface area (TPSA) is 24.9 Å². The Balaban J connectivity index is 1.90.